The Kier molecular flexibility index (Phi) is 4.27. The topological polar surface area (TPSA) is 40.6 Å². The fourth-order valence-electron chi connectivity index (χ4n) is 2.01. The first-order valence-corrected chi connectivity index (χ1v) is 5.45. The second-order valence-electron chi connectivity index (χ2n) is 4.49. The quantitative estimate of drug-likeness (QED) is 0.632. The number of likely N-dealkylation sites (N-methyl/N-ethyl adjacent to an activating group) is 1. The van der Waals surface area contributed by atoms with Gasteiger partial charge in [0.2, 0.25) is 5.78 Å². The molecule has 0 N–H and O–H groups in total. The lowest BCUT2D eigenvalue weighted by atomic mass is 10.0. The first-order valence-electron chi connectivity index (χ1n) is 5.45. The number of hydrogen-bond donors (Lipinski definition) is 0. The average molecular weight is 212 g/mol. The van der Waals surface area contributed by atoms with E-state index in [0.717, 1.165) is 19.5 Å². The molecular formula is C11H20N2O2. The van der Waals surface area contributed by atoms with Gasteiger partial charge >= 0.3 is 0 Å². The summed E-state index contributed by atoms with van der Waals surface area (Å²) in [5.74, 6) is -0.0698. The van der Waals surface area contributed by atoms with E-state index in [0.29, 0.717) is 12.5 Å². The van der Waals surface area contributed by atoms with Crippen molar-refractivity contribution in [1.82, 2.24) is 9.80 Å². The van der Waals surface area contributed by atoms with E-state index < -0.39 is 0 Å². The summed E-state index contributed by atoms with van der Waals surface area (Å²) < 4.78 is 0. The van der Waals surface area contributed by atoms with Crippen LogP contribution in [0.15, 0.2) is 0 Å². The van der Waals surface area contributed by atoms with Crippen molar-refractivity contribution in [3.63, 3.8) is 0 Å². The summed E-state index contributed by atoms with van der Waals surface area (Å²) >= 11 is 0. The van der Waals surface area contributed by atoms with E-state index in [1.54, 1.807) is 7.05 Å². The summed E-state index contributed by atoms with van der Waals surface area (Å²) in [6.07, 6.45) is 2.21. The van der Waals surface area contributed by atoms with Crippen molar-refractivity contribution in [2.75, 3.05) is 33.7 Å². The molecule has 1 heterocycles. The van der Waals surface area contributed by atoms with E-state index in [1.807, 2.05) is 0 Å². The van der Waals surface area contributed by atoms with Crippen LogP contribution in [-0.4, -0.2) is 55.2 Å². The van der Waals surface area contributed by atoms with Crippen molar-refractivity contribution >= 4 is 11.7 Å². The van der Waals surface area contributed by atoms with Crippen LogP contribution in [-0.2, 0) is 9.59 Å². The Morgan fingerprint density at radius 2 is 2.13 bits per heavy atom. The van der Waals surface area contributed by atoms with Crippen LogP contribution < -0.4 is 0 Å². The van der Waals surface area contributed by atoms with E-state index in [9.17, 15) is 9.59 Å². The lowest BCUT2D eigenvalue weighted by Gasteiger charge is -2.17. The molecule has 0 aromatic carbocycles. The van der Waals surface area contributed by atoms with Gasteiger partial charge in [0.15, 0.2) is 0 Å². The molecule has 1 saturated heterocycles. The Morgan fingerprint density at radius 3 is 2.60 bits per heavy atom. The van der Waals surface area contributed by atoms with Crippen LogP contribution in [0, 0.1) is 5.92 Å². The molecule has 1 aliphatic rings. The molecule has 0 radical (unpaired) electrons. The van der Waals surface area contributed by atoms with Crippen LogP contribution in [0.4, 0.5) is 0 Å². The van der Waals surface area contributed by atoms with Crippen LogP contribution in [0.5, 0.6) is 0 Å². The Labute approximate surface area is 91.2 Å². The Bertz CT molecular complexity index is 253. The molecule has 86 valence electrons. The molecule has 0 aromatic heterocycles. The fourth-order valence-corrected chi connectivity index (χ4v) is 2.01. The zero-order chi connectivity index (χ0) is 11.4. The second kappa shape index (κ2) is 5.26. The molecule has 0 aromatic rings. The third kappa shape index (κ3) is 3.63. The van der Waals surface area contributed by atoms with Crippen LogP contribution in [0.25, 0.3) is 0 Å². The highest BCUT2D eigenvalue weighted by Crippen LogP contribution is 2.17. The van der Waals surface area contributed by atoms with Crippen molar-refractivity contribution < 1.29 is 9.59 Å². The summed E-state index contributed by atoms with van der Waals surface area (Å²) in [5, 5.41) is 0. The largest absolute Gasteiger partial charge is 0.339 e. The van der Waals surface area contributed by atoms with E-state index in [1.165, 1.54) is 18.2 Å². The third-order valence-electron chi connectivity index (χ3n) is 3.01. The molecular weight excluding hydrogens is 192 g/mol. The van der Waals surface area contributed by atoms with E-state index >= 15 is 0 Å². The molecule has 1 unspecified atom stereocenters. The maximum Gasteiger partial charge on any atom is 0.289 e. The van der Waals surface area contributed by atoms with Gasteiger partial charge in [0, 0.05) is 27.1 Å². The highest BCUT2D eigenvalue weighted by Gasteiger charge is 2.21. The first-order chi connectivity index (χ1) is 7.00. The van der Waals surface area contributed by atoms with Crippen molar-refractivity contribution in [3.05, 3.63) is 0 Å². The van der Waals surface area contributed by atoms with Crippen molar-refractivity contribution in [1.29, 1.82) is 0 Å². The maximum absolute atomic E-state index is 11.3. The van der Waals surface area contributed by atoms with Crippen molar-refractivity contribution in [2.24, 2.45) is 5.92 Å². The van der Waals surface area contributed by atoms with E-state index in [4.69, 9.17) is 0 Å². The van der Waals surface area contributed by atoms with Gasteiger partial charge in [0.1, 0.15) is 0 Å². The number of Topliss-reactive ketones (excluding diaryl/α,β-unsaturated/α-hetero) is 1. The highest BCUT2D eigenvalue weighted by atomic mass is 16.2. The Hall–Kier alpha value is -0.900. The molecule has 0 bridgehead atoms. The van der Waals surface area contributed by atoms with Gasteiger partial charge in [0.25, 0.3) is 5.91 Å². The predicted molar refractivity (Wildman–Crippen MR) is 58.5 cm³/mol. The minimum Gasteiger partial charge on any atom is -0.339 e. The lowest BCUT2D eigenvalue weighted by Crippen LogP contribution is -2.33. The predicted octanol–water partition coefficient (Wildman–Crippen LogP) is 0.376. The van der Waals surface area contributed by atoms with Gasteiger partial charge in [-0.1, -0.05) is 0 Å². The van der Waals surface area contributed by atoms with Gasteiger partial charge in [0.05, 0.1) is 0 Å². The molecule has 4 heteroatoms. The number of ketones is 1. The van der Waals surface area contributed by atoms with E-state index in [-0.39, 0.29) is 11.7 Å². The highest BCUT2D eigenvalue weighted by molar-refractivity contribution is 6.34. The molecule has 1 atom stereocenters. The monoisotopic (exact) mass is 212 g/mol. The summed E-state index contributed by atoms with van der Waals surface area (Å²) in [5.41, 5.74) is 0. The molecule has 1 aliphatic heterocycles. The Balaban J connectivity index is 2.25. The molecule has 1 fully saturated rings. The molecule has 1 amide bonds. The van der Waals surface area contributed by atoms with Gasteiger partial charge < -0.3 is 9.80 Å². The maximum atomic E-state index is 11.3. The minimum atomic E-state index is -0.374. The zero-order valence-electron chi connectivity index (χ0n) is 9.82. The van der Waals surface area contributed by atoms with Crippen LogP contribution in [0.1, 0.15) is 19.8 Å². The number of nitrogens with zero attached hydrogens (tertiary/aromatic N) is 2. The summed E-state index contributed by atoms with van der Waals surface area (Å²) in [6, 6.07) is 0. The zero-order valence-corrected chi connectivity index (χ0v) is 9.82. The Morgan fingerprint density at radius 1 is 1.47 bits per heavy atom. The summed E-state index contributed by atoms with van der Waals surface area (Å²) in [7, 11) is 3.81. The minimum absolute atomic E-state index is 0.374. The standard InChI is InChI=1S/C11H20N2O2/c1-9(14)11(15)13(3)7-5-10-4-6-12(2)8-10/h10H,4-8H2,1-3H3. The van der Waals surface area contributed by atoms with Gasteiger partial charge in [-0.05, 0) is 32.4 Å². The van der Waals surface area contributed by atoms with E-state index in [2.05, 4.69) is 11.9 Å². The van der Waals surface area contributed by atoms with Crippen LogP contribution in [0.2, 0.25) is 0 Å². The van der Waals surface area contributed by atoms with Crippen molar-refractivity contribution in [3.8, 4) is 0 Å². The fraction of sp³-hybridized carbons (Fsp3) is 0.818. The molecule has 15 heavy (non-hydrogen) atoms. The average Bonchev–Trinajstić information content (AvgIpc) is 2.59. The number of carbonyl (C=O) groups excluding carboxylic acids is 2. The number of rotatable bonds is 4. The van der Waals surface area contributed by atoms with Gasteiger partial charge in [-0.15, -0.1) is 0 Å². The lowest BCUT2D eigenvalue weighted by molar-refractivity contribution is -0.142. The normalized spacial score (nSPS) is 21.7. The molecule has 1 rings (SSSR count). The molecule has 0 saturated carbocycles. The van der Waals surface area contributed by atoms with Crippen LogP contribution >= 0.6 is 0 Å². The number of carbonyl (C=O) groups is 2. The summed E-state index contributed by atoms with van der Waals surface area (Å²) in [4.78, 5) is 25.9. The van der Waals surface area contributed by atoms with Crippen molar-refractivity contribution in [2.45, 2.75) is 19.8 Å². The smallest absolute Gasteiger partial charge is 0.289 e. The molecule has 4 nitrogen and oxygen atoms in total. The third-order valence-corrected chi connectivity index (χ3v) is 3.01. The molecule has 0 spiro atoms. The summed E-state index contributed by atoms with van der Waals surface area (Å²) in [6.45, 7) is 4.27. The SMILES string of the molecule is CC(=O)C(=O)N(C)CCC1CCN(C)C1. The number of amides is 1. The van der Waals surface area contributed by atoms with Gasteiger partial charge in [-0.3, -0.25) is 9.59 Å². The first kappa shape index (κ1) is 12.2. The second-order valence-corrected chi connectivity index (χ2v) is 4.49. The van der Waals surface area contributed by atoms with Gasteiger partial charge in [-0.2, -0.15) is 0 Å². The number of hydrogen-bond acceptors (Lipinski definition) is 3. The van der Waals surface area contributed by atoms with Crippen LogP contribution in [0.3, 0.4) is 0 Å². The number of likely N-dealkylation sites (tertiary alicyclic amines) is 1. The van der Waals surface area contributed by atoms with Gasteiger partial charge in [-0.25, -0.2) is 0 Å². The molecule has 0 aliphatic carbocycles.